The molecule has 1 rings (SSSR count). The molecule has 60 valence electrons. The molecule has 0 fully saturated rings. The van der Waals surface area contributed by atoms with Gasteiger partial charge in [0.2, 0.25) is 0 Å². The smallest absolute Gasteiger partial charge is 0.323 e. The Balaban J connectivity index is 2.87. The monoisotopic (exact) mass is 378 g/mol. The summed E-state index contributed by atoms with van der Waals surface area (Å²) < 4.78 is 3.29. The molecule has 1 aromatic heterocycles. The van der Waals surface area contributed by atoms with Gasteiger partial charge in [0.1, 0.15) is 13.9 Å². The third-order valence-electron chi connectivity index (χ3n) is 1.04. The van der Waals surface area contributed by atoms with Crippen molar-refractivity contribution in [2.45, 2.75) is 6.54 Å². The van der Waals surface area contributed by atoms with Gasteiger partial charge in [0, 0.05) is 0 Å². The molecular formula is C5H4I2N2O2. The van der Waals surface area contributed by atoms with Crippen molar-refractivity contribution in [3.63, 3.8) is 0 Å². The van der Waals surface area contributed by atoms with Crippen LogP contribution in [0, 0.1) is 7.40 Å². The average molecular weight is 378 g/mol. The number of halogens is 2. The van der Waals surface area contributed by atoms with Crippen molar-refractivity contribution in [2.24, 2.45) is 0 Å². The summed E-state index contributed by atoms with van der Waals surface area (Å²) in [5.74, 6) is -0.850. The van der Waals surface area contributed by atoms with Crippen molar-refractivity contribution in [1.29, 1.82) is 0 Å². The van der Waals surface area contributed by atoms with E-state index in [-0.39, 0.29) is 6.54 Å². The van der Waals surface area contributed by atoms with Crippen LogP contribution in [0.5, 0.6) is 0 Å². The molecule has 6 heteroatoms. The Labute approximate surface area is 90.3 Å². The molecule has 1 aromatic rings. The predicted molar refractivity (Wildman–Crippen MR) is 55.3 cm³/mol. The molecule has 0 spiro atoms. The largest absolute Gasteiger partial charge is 0.480 e. The highest BCUT2D eigenvalue weighted by Crippen LogP contribution is 2.12. The second-order valence-corrected chi connectivity index (χ2v) is 3.89. The molecule has 0 saturated carbocycles. The van der Waals surface area contributed by atoms with E-state index in [1.54, 1.807) is 4.57 Å². The molecule has 4 nitrogen and oxygen atoms in total. The van der Waals surface area contributed by atoms with Gasteiger partial charge in [0.05, 0.1) is 6.33 Å². The number of imidazole rings is 1. The van der Waals surface area contributed by atoms with E-state index < -0.39 is 5.97 Å². The number of hydrogen-bond donors (Lipinski definition) is 1. The maximum absolute atomic E-state index is 10.3. The van der Waals surface area contributed by atoms with Gasteiger partial charge >= 0.3 is 5.97 Å². The lowest BCUT2D eigenvalue weighted by molar-refractivity contribution is -0.137. The van der Waals surface area contributed by atoms with Gasteiger partial charge in [0.15, 0.2) is 0 Å². The Morgan fingerprint density at radius 3 is 2.73 bits per heavy atom. The van der Waals surface area contributed by atoms with Crippen molar-refractivity contribution in [1.82, 2.24) is 9.55 Å². The van der Waals surface area contributed by atoms with Crippen LogP contribution in [0.4, 0.5) is 0 Å². The number of aliphatic carboxylic acids is 1. The Hall–Kier alpha value is 0.140. The summed E-state index contributed by atoms with van der Waals surface area (Å²) in [5, 5.41) is 8.45. The maximum atomic E-state index is 10.3. The molecule has 0 amide bonds. The topological polar surface area (TPSA) is 55.1 Å². The fourth-order valence-electron chi connectivity index (χ4n) is 0.599. The standard InChI is InChI=1S/C5H4I2N2O2/c6-4-5(7)9(2-8-4)1-3(10)11/h2H,1H2,(H,10,11). The van der Waals surface area contributed by atoms with Gasteiger partial charge in [-0.15, -0.1) is 0 Å². The minimum atomic E-state index is -0.850. The van der Waals surface area contributed by atoms with Gasteiger partial charge in [0.25, 0.3) is 0 Å². The second kappa shape index (κ2) is 3.70. The summed E-state index contributed by atoms with van der Waals surface area (Å²) in [7, 11) is 0. The first-order valence-corrected chi connectivity index (χ1v) is 4.85. The summed E-state index contributed by atoms with van der Waals surface area (Å²) in [6, 6.07) is 0. The molecule has 0 aromatic carbocycles. The Bertz CT molecular complexity index is 284. The van der Waals surface area contributed by atoms with Crippen LogP contribution in [0.1, 0.15) is 0 Å². The van der Waals surface area contributed by atoms with E-state index in [1.807, 2.05) is 0 Å². The maximum Gasteiger partial charge on any atom is 0.323 e. The zero-order chi connectivity index (χ0) is 8.43. The molecule has 1 heterocycles. The van der Waals surface area contributed by atoms with Crippen LogP contribution in [-0.4, -0.2) is 20.6 Å². The molecule has 0 atom stereocenters. The summed E-state index contributed by atoms with van der Waals surface area (Å²) >= 11 is 4.12. The number of aromatic nitrogens is 2. The van der Waals surface area contributed by atoms with E-state index in [4.69, 9.17) is 5.11 Å². The van der Waals surface area contributed by atoms with Gasteiger partial charge in [-0.2, -0.15) is 0 Å². The van der Waals surface area contributed by atoms with Crippen LogP contribution in [0.25, 0.3) is 0 Å². The highest BCUT2D eigenvalue weighted by Gasteiger charge is 2.06. The van der Waals surface area contributed by atoms with Crippen LogP contribution in [0.2, 0.25) is 0 Å². The number of carboxylic acid groups (broad SMARTS) is 1. The van der Waals surface area contributed by atoms with Gasteiger partial charge in [-0.3, -0.25) is 4.79 Å². The van der Waals surface area contributed by atoms with E-state index >= 15 is 0 Å². The number of nitrogens with zero attached hydrogens (tertiary/aromatic N) is 2. The van der Waals surface area contributed by atoms with Crippen LogP contribution in [0.3, 0.4) is 0 Å². The number of rotatable bonds is 2. The summed E-state index contributed by atoms with van der Waals surface area (Å²) in [4.78, 5) is 14.2. The molecule has 0 aliphatic carbocycles. The number of hydrogen-bond acceptors (Lipinski definition) is 2. The number of carboxylic acids is 1. The number of carbonyl (C=O) groups is 1. The first kappa shape index (κ1) is 9.23. The molecule has 0 unspecified atom stereocenters. The van der Waals surface area contributed by atoms with Crippen molar-refractivity contribution in [2.75, 3.05) is 0 Å². The lowest BCUT2D eigenvalue weighted by Gasteiger charge is -1.97. The van der Waals surface area contributed by atoms with Gasteiger partial charge in [-0.05, 0) is 45.2 Å². The van der Waals surface area contributed by atoms with Crippen LogP contribution >= 0.6 is 45.2 Å². The van der Waals surface area contributed by atoms with E-state index in [0.29, 0.717) is 0 Å². The van der Waals surface area contributed by atoms with E-state index in [2.05, 4.69) is 50.2 Å². The first-order chi connectivity index (χ1) is 5.11. The molecule has 0 aliphatic rings. The third kappa shape index (κ3) is 2.29. The van der Waals surface area contributed by atoms with Crippen molar-refractivity contribution in [3.8, 4) is 0 Å². The first-order valence-electron chi connectivity index (χ1n) is 2.69. The van der Waals surface area contributed by atoms with Crippen LogP contribution in [-0.2, 0) is 11.3 Å². The van der Waals surface area contributed by atoms with E-state index in [0.717, 1.165) is 7.40 Å². The summed E-state index contributed by atoms with van der Waals surface area (Å²) in [6.45, 7) is -0.0196. The average Bonchev–Trinajstić information content (AvgIpc) is 2.18. The molecular weight excluding hydrogens is 374 g/mol. The predicted octanol–water partition coefficient (Wildman–Crippen LogP) is 1.18. The van der Waals surface area contributed by atoms with Crippen molar-refractivity contribution in [3.05, 3.63) is 13.7 Å². The Morgan fingerprint density at radius 2 is 2.36 bits per heavy atom. The minimum Gasteiger partial charge on any atom is -0.480 e. The SMILES string of the molecule is O=C(O)Cn1cnc(I)c1I. The van der Waals surface area contributed by atoms with Crippen molar-refractivity contribution < 1.29 is 9.90 Å². The van der Waals surface area contributed by atoms with Crippen LogP contribution < -0.4 is 0 Å². The lowest BCUT2D eigenvalue weighted by atomic mass is 10.6. The Morgan fingerprint density at radius 1 is 1.73 bits per heavy atom. The van der Waals surface area contributed by atoms with E-state index in [1.165, 1.54) is 6.33 Å². The zero-order valence-corrected chi connectivity index (χ0v) is 9.61. The Kier molecular flexibility index (Phi) is 3.10. The molecule has 0 aliphatic heterocycles. The summed E-state index contributed by atoms with van der Waals surface area (Å²) in [6.07, 6.45) is 1.53. The fourth-order valence-corrected chi connectivity index (χ4v) is 1.47. The third-order valence-corrected chi connectivity index (χ3v) is 3.99. The highest BCUT2D eigenvalue weighted by atomic mass is 127. The molecule has 0 saturated heterocycles. The lowest BCUT2D eigenvalue weighted by Crippen LogP contribution is -2.09. The second-order valence-electron chi connectivity index (χ2n) is 1.85. The normalized spacial score (nSPS) is 10.0. The molecule has 0 radical (unpaired) electrons. The van der Waals surface area contributed by atoms with Gasteiger partial charge in [-0.1, -0.05) is 0 Å². The van der Waals surface area contributed by atoms with Gasteiger partial charge in [-0.25, -0.2) is 4.98 Å². The molecule has 11 heavy (non-hydrogen) atoms. The van der Waals surface area contributed by atoms with E-state index in [9.17, 15) is 4.79 Å². The summed E-state index contributed by atoms with van der Waals surface area (Å²) in [5.41, 5.74) is 0. The minimum absolute atomic E-state index is 0.0196. The van der Waals surface area contributed by atoms with Gasteiger partial charge < -0.3 is 9.67 Å². The quantitative estimate of drug-likeness (QED) is 0.787. The van der Waals surface area contributed by atoms with Crippen molar-refractivity contribution >= 4 is 51.2 Å². The molecule has 1 N–H and O–H groups in total. The molecule has 0 bridgehead atoms. The van der Waals surface area contributed by atoms with Crippen LogP contribution in [0.15, 0.2) is 6.33 Å². The zero-order valence-electron chi connectivity index (χ0n) is 5.29. The fraction of sp³-hybridized carbons (Fsp3) is 0.200. The highest BCUT2D eigenvalue weighted by molar-refractivity contribution is 14.1.